The van der Waals surface area contributed by atoms with E-state index >= 15 is 0 Å². The maximum atomic E-state index is 12.9. The van der Waals surface area contributed by atoms with Gasteiger partial charge in [0.25, 0.3) is 0 Å². The molecule has 1 aromatic carbocycles. The molecule has 2 atom stereocenters. The summed E-state index contributed by atoms with van der Waals surface area (Å²) in [6.45, 7) is 3.64. The van der Waals surface area contributed by atoms with Gasteiger partial charge in [0.15, 0.2) is 0 Å². The predicted molar refractivity (Wildman–Crippen MR) is 86.7 cm³/mol. The second kappa shape index (κ2) is 8.18. The molecule has 0 radical (unpaired) electrons. The lowest BCUT2D eigenvalue weighted by molar-refractivity contribution is -0.137. The van der Waals surface area contributed by atoms with Gasteiger partial charge >= 0.3 is 0 Å². The van der Waals surface area contributed by atoms with Crippen molar-refractivity contribution in [2.24, 2.45) is 11.7 Å². The molecule has 1 aliphatic carbocycles. The highest BCUT2D eigenvalue weighted by Crippen LogP contribution is 2.24. The molecule has 1 aromatic rings. The number of hydrogen-bond donors (Lipinski definition) is 1. The highest BCUT2D eigenvalue weighted by molar-refractivity contribution is 5.79. The average molecular weight is 288 g/mol. The summed E-state index contributed by atoms with van der Waals surface area (Å²) >= 11 is 0. The molecule has 0 spiro atoms. The number of carbonyl (C=O) groups is 1. The van der Waals surface area contributed by atoms with Crippen LogP contribution in [-0.4, -0.2) is 23.4 Å². The molecule has 0 aromatic heterocycles. The largest absolute Gasteiger partial charge is 0.338 e. The third-order valence-electron chi connectivity index (χ3n) is 4.41. The molecule has 0 aliphatic heterocycles. The van der Waals surface area contributed by atoms with Crippen LogP contribution in [0, 0.1) is 5.92 Å². The van der Waals surface area contributed by atoms with E-state index in [0.29, 0.717) is 6.54 Å². The fourth-order valence-electron chi connectivity index (χ4n) is 3.22. The molecule has 0 bridgehead atoms. The van der Waals surface area contributed by atoms with Gasteiger partial charge < -0.3 is 10.6 Å². The van der Waals surface area contributed by atoms with Crippen molar-refractivity contribution in [1.82, 2.24) is 4.90 Å². The van der Waals surface area contributed by atoms with E-state index in [4.69, 9.17) is 5.73 Å². The van der Waals surface area contributed by atoms with Gasteiger partial charge in [0, 0.05) is 19.1 Å². The molecule has 21 heavy (non-hydrogen) atoms. The molecular weight excluding hydrogens is 260 g/mol. The predicted octanol–water partition coefficient (Wildman–Crippen LogP) is 3.33. The molecule has 116 valence electrons. The summed E-state index contributed by atoms with van der Waals surface area (Å²) in [5, 5.41) is 0. The van der Waals surface area contributed by atoms with Crippen molar-refractivity contribution in [1.29, 1.82) is 0 Å². The molecule has 1 aliphatic rings. The van der Waals surface area contributed by atoms with Gasteiger partial charge in [-0.15, -0.1) is 0 Å². The summed E-state index contributed by atoms with van der Waals surface area (Å²) in [6, 6.07) is 10.3. The molecule has 0 saturated heterocycles. The monoisotopic (exact) mass is 288 g/mol. The van der Waals surface area contributed by atoms with Crippen molar-refractivity contribution in [3.05, 3.63) is 35.9 Å². The Morgan fingerprint density at radius 1 is 1.19 bits per heavy atom. The van der Waals surface area contributed by atoms with Gasteiger partial charge in [0.05, 0.1) is 5.92 Å². The average Bonchev–Trinajstić information content (AvgIpc) is 2.72. The maximum absolute atomic E-state index is 12.9. The third-order valence-corrected chi connectivity index (χ3v) is 4.41. The number of nitrogens with two attached hydrogens (primary N) is 1. The summed E-state index contributed by atoms with van der Waals surface area (Å²) in [7, 11) is 0. The summed E-state index contributed by atoms with van der Waals surface area (Å²) < 4.78 is 0. The van der Waals surface area contributed by atoms with Gasteiger partial charge in [-0.3, -0.25) is 4.79 Å². The Hall–Kier alpha value is -1.35. The number of nitrogens with zero attached hydrogens (tertiary/aromatic N) is 1. The summed E-state index contributed by atoms with van der Waals surface area (Å²) in [4.78, 5) is 14.9. The number of amides is 1. The van der Waals surface area contributed by atoms with E-state index in [9.17, 15) is 4.79 Å². The highest BCUT2D eigenvalue weighted by atomic mass is 16.2. The quantitative estimate of drug-likeness (QED) is 0.845. The van der Waals surface area contributed by atoms with Crippen LogP contribution < -0.4 is 5.73 Å². The molecule has 3 nitrogen and oxygen atoms in total. The summed E-state index contributed by atoms with van der Waals surface area (Å²) in [5.41, 5.74) is 7.46. The Kier molecular flexibility index (Phi) is 6.24. The zero-order valence-electron chi connectivity index (χ0n) is 13.1. The van der Waals surface area contributed by atoms with Crippen LogP contribution in [0.3, 0.4) is 0 Å². The van der Waals surface area contributed by atoms with Gasteiger partial charge in [-0.2, -0.15) is 0 Å². The van der Waals surface area contributed by atoms with Crippen LogP contribution in [0.4, 0.5) is 0 Å². The van der Waals surface area contributed by atoms with E-state index in [2.05, 4.69) is 19.1 Å². The normalized spacial score (nSPS) is 22.6. The van der Waals surface area contributed by atoms with Crippen LogP contribution in [0.1, 0.15) is 51.0 Å². The van der Waals surface area contributed by atoms with E-state index in [1.165, 1.54) is 12.0 Å². The third kappa shape index (κ3) is 4.57. The fourth-order valence-corrected chi connectivity index (χ4v) is 3.22. The van der Waals surface area contributed by atoms with Crippen molar-refractivity contribution < 1.29 is 4.79 Å². The van der Waals surface area contributed by atoms with Crippen molar-refractivity contribution in [2.75, 3.05) is 6.54 Å². The minimum absolute atomic E-state index is 0.0164. The first-order valence-corrected chi connectivity index (χ1v) is 8.30. The lowest BCUT2D eigenvalue weighted by Gasteiger charge is -2.29. The van der Waals surface area contributed by atoms with Crippen LogP contribution >= 0.6 is 0 Å². The molecule has 1 saturated carbocycles. The zero-order chi connectivity index (χ0) is 15.1. The Labute approximate surface area is 128 Å². The topological polar surface area (TPSA) is 46.3 Å². The maximum Gasteiger partial charge on any atom is 0.227 e. The van der Waals surface area contributed by atoms with Crippen molar-refractivity contribution >= 4 is 5.91 Å². The van der Waals surface area contributed by atoms with Gasteiger partial charge in [-0.05, 0) is 24.8 Å². The molecule has 0 heterocycles. The molecule has 1 fully saturated rings. The van der Waals surface area contributed by atoms with E-state index in [-0.39, 0.29) is 17.9 Å². The minimum Gasteiger partial charge on any atom is -0.338 e. The smallest absolute Gasteiger partial charge is 0.227 e. The van der Waals surface area contributed by atoms with Gasteiger partial charge in [0.2, 0.25) is 5.91 Å². The first-order chi connectivity index (χ1) is 10.2. The number of carbonyl (C=O) groups excluding carboxylic acids is 1. The molecule has 2 rings (SSSR count). The SMILES string of the molecule is CCCN(Cc1ccccc1)C(=O)C1CCCCCC1N. The second-order valence-electron chi connectivity index (χ2n) is 6.15. The molecule has 1 amide bonds. The first-order valence-electron chi connectivity index (χ1n) is 8.30. The lowest BCUT2D eigenvalue weighted by Crippen LogP contribution is -2.43. The zero-order valence-corrected chi connectivity index (χ0v) is 13.1. The van der Waals surface area contributed by atoms with Gasteiger partial charge in [0.1, 0.15) is 0 Å². The minimum atomic E-state index is 0.0164. The Balaban J connectivity index is 2.07. The van der Waals surface area contributed by atoms with Gasteiger partial charge in [-0.25, -0.2) is 0 Å². The molecule has 2 N–H and O–H groups in total. The van der Waals surface area contributed by atoms with Crippen molar-refractivity contribution in [2.45, 2.75) is 58.0 Å². The van der Waals surface area contributed by atoms with Crippen LogP contribution in [0.5, 0.6) is 0 Å². The molecule has 3 heteroatoms. The number of hydrogen-bond acceptors (Lipinski definition) is 2. The standard InChI is InChI=1S/C18H28N2O/c1-2-13-20(14-15-9-5-3-6-10-15)18(21)16-11-7-4-8-12-17(16)19/h3,5-6,9-10,16-17H,2,4,7-8,11-14,19H2,1H3. The number of benzene rings is 1. The molecular formula is C18H28N2O. The van der Waals surface area contributed by atoms with Crippen molar-refractivity contribution in [3.63, 3.8) is 0 Å². The second-order valence-corrected chi connectivity index (χ2v) is 6.15. The van der Waals surface area contributed by atoms with Gasteiger partial charge in [-0.1, -0.05) is 56.5 Å². The number of rotatable bonds is 5. The Morgan fingerprint density at radius 2 is 1.90 bits per heavy atom. The lowest BCUT2D eigenvalue weighted by atomic mass is 9.93. The van der Waals surface area contributed by atoms with Crippen LogP contribution in [0.15, 0.2) is 30.3 Å². The highest BCUT2D eigenvalue weighted by Gasteiger charge is 2.30. The van der Waals surface area contributed by atoms with E-state index in [0.717, 1.165) is 38.6 Å². The fraction of sp³-hybridized carbons (Fsp3) is 0.611. The van der Waals surface area contributed by atoms with E-state index in [1.807, 2.05) is 23.1 Å². The summed E-state index contributed by atoms with van der Waals surface area (Å²) in [6.07, 6.45) is 6.44. The van der Waals surface area contributed by atoms with E-state index < -0.39 is 0 Å². The van der Waals surface area contributed by atoms with Crippen LogP contribution in [-0.2, 0) is 11.3 Å². The first kappa shape index (κ1) is 16.0. The van der Waals surface area contributed by atoms with Crippen molar-refractivity contribution in [3.8, 4) is 0 Å². The Bertz CT molecular complexity index is 432. The van der Waals surface area contributed by atoms with Crippen LogP contribution in [0.25, 0.3) is 0 Å². The Morgan fingerprint density at radius 3 is 2.62 bits per heavy atom. The summed E-state index contributed by atoms with van der Waals surface area (Å²) in [5.74, 6) is 0.276. The molecule has 2 unspecified atom stereocenters. The van der Waals surface area contributed by atoms with E-state index in [1.54, 1.807) is 0 Å². The van der Waals surface area contributed by atoms with Crippen LogP contribution in [0.2, 0.25) is 0 Å².